The summed E-state index contributed by atoms with van der Waals surface area (Å²) in [5.41, 5.74) is 4.28. The van der Waals surface area contributed by atoms with Gasteiger partial charge in [-0.15, -0.1) is 0 Å². The fraction of sp³-hybridized carbons (Fsp3) is 0.368. The van der Waals surface area contributed by atoms with E-state index in [1.54, 1.807) is 0 Å². The summed E-state index contributed by atoms with van der Waals surface area (Å²) in [4.78, 5) is 28.6. The highest BCUT2D eigenvalue weighted by atomic mass is 16.1. The molecule has 0 atom stereocenters. The number of unbranched alkanes of at least 4 members (excludes halogenated alkanes) is 1. The second kappa shape index (κ2) is 7.01. The van der Waals surface area contributed by atoms with Crippen molar-refractivity contribution >= 4 is 22.8 Å². The molecule has 0 saturated carbocycles. The third-order valence-electron chi connectivity index (χ3n) is 4.28. The largest absolute Gasteiger partial charge is 0.294 e. The first kappa shape index (κ1) is 17.1. The number of H-pyrrole nitrogens is 1. The van der Waals surface area contributed by atoms with Crippen LogP contribution in [0.4, 0.5) is 11.9 Å². The maximum Gasteiger partial charge on any atom is 0.255 e. The van der Waals surface area contributed by atoms with Gasteiger partial charge in [-0.25, -0.2) is 15.0 Å². The van der Waals surface area contributed by atoms with Crippen LogP contribution in [0.15, 0.2) is 23.0 Å². The zero-order chi connectivity index (χ0) is 18.0. The number of hydrogen-bond acceptors (Lipinski definition) is 5. The molecule has 0 aliphatic carbocycles. The summed E-state index contributed by atoms with van der Waals surface area (Å²) in [6.07, 6.45) is 2.77. The predicted molar refractivity (Wildman–Crippen MR) is 101 cm³/mol. The third kappa shape index (κ3) is 3.68. The Kier molecular flexibility index (Phi) is 4.79. The van der Waals surface area contributed by atoms with E-state index in [9.17, 15) is 4.79 Å². The number of rotatable bonds is 5. The maximum absolute atomic E-state index is 12.3. The van der Waals surface area contributed by atoms with Gasteiger partial charge in [0.25, 0.3) is 5.56 Å². The van der Waals surface area contributed by atoms with Crippen molar-refractivity contribution in [3.8, 4) is 0 Å². The number of aryl methyl sites for hydroxylation is 3. The summed E-state index contributed by atoms with van der Waals surface area (Å²) >= 11 is 0. The average Bonchev–Trinajstić information content (AvgIpc) is 2.53. The Morgan fingerprint density at radius 2 is 1.88 bits per heavy atom. The van der Waals surface area contributed by atoms with E-state index in [0.717, 1.165) is 52.7 Å². The van der Waals surface area contributed by atoms with Crippen LogP contribution < -0.4 is 10.9 Å². The molecule has 2 aromatic heterocycles. The van der Waals surface area contributed by atoms with Gasteiger partial charge in [0.1, 0.15) is 0 Å². The Labute approximate surface area is 146 Å². The van der Waals surface area contributed by atoms with Gasteiger partial charge in [0, 0.05) is 16.6 Å². The van der Waals surface area contributed by atoms with Crippen LogP contribution in [0.5, 0.6) is 0 Å². The smallest absolute Gasteiger partial charge is 0.255 e. The minimum atomic E-state index is -0.100. The highest BCUT2D eigenvalue weighted by Crippen LogP contribution is 2.19. The maximum atomic E-state index is 12.3. The molecule has 0 spiro atoms. The van der Waals surface area contributed by atoms with Gasteiger partial charge in [0.15, 0.2) is 0 Å². The minimum absolute atomic E-state index is 0.100. The summed E-state index contributed by atoms with van der Waals surface area (Å²) < 4.78 is 0. The van der Waals surface area contributed by atoms with E-state index in [-0.39, 0.29) is 5.56 Å². The van der Waals surface area contributed by atoms with Crippen molar-refractivity contribution in [1.82, 2.24) is 19.9 Å². The van der Waals surface area contributed by atoms with Crippen LogP contribution in [-0.2, 0) is 6.42 Å². The molecule has 0 unspecified atom stereocenters. The molecular weight excluding hydrogens is 314 g/mol. The van der Waals surface area contributed by atoms with E-state index in [1.165, 1.54) is 0 Å². The molecule has 1 aromatic carbocycles. The van der Waals surface area contributed by atoms with Crippen LogP contribution in [-0.4, -0.2) is 19.9 Å². The fourth-order valence-corrected chi connectivity index (χ4v) is 2.88. The minimum Gasteiger partial charge on any atom is -0.294 e. The lowest BCUT2D eigenvalue weighted by Crippen LogP contribution is -2.18. The molecule has 0 bridgehead atoms. The van der Waals surface area contributed by atoms with E-state index in [4.69, 9.17) is 0 Å². The second-order valence-corrected chi connectivity index (χ2v) is 6.36. The molecule has 0 saturated heterocycles. The first-order chi connectivity index (χ1) is 12.0. The molecule has 2 N–H and O–H groups in total. The van der Waals surface area contributed by atoms with Crippen molar-refractivity contribution in [2.75, 3.05) is 5.32 Å². The molecule has 6 nitrogen and oxygen atoms in total. The van der Waals surface area contributed by atoms with Crippen LogP contribution in [0, 0.1) is 20.8 Å². The molecule has 2 heterocycles. The third-order valence-corrected chi connectivity index (χ3v) is 4.28. The Hall–Kier alpha value is -2.76. The van der Waals surface area contributed by atoms with Crippen molar-refractivity contribution in [2.24, 2.45) is 0 Å². The number of anilines is 2. The number of nitrogens with one attached hydrogen (secondary N) is 2. The summed E-state index contributed by atoms with van der Waals surface area (Å²) in [6, 6.07) is 6.09. The lowest BCUT2D eigenvalue weighted by atomic mass is 10.1. The van der Waals surface area contributed by atoms with Crippen LogP contribution in [0.25, 0.3) is 10.9 Å². The summed E-state index contributed by atoms with van der Waals surface area (Å²) in [5.74, 6) is 0.800. The van der Waals surface area contributed by atoms with E-state index >= 15 is 0 Å². The van der Waals surface area contributed by atoms with E-state index in [0.29, 0.717) is 11.9 Å². The monoisotopic (exact) mass is 337 g/mol. The Morgan fingerprint density at radius 1 is 1.08 bits per heavy atom. The van der Waals surface area contributed by atoms with E-state index in [2.05, 4.69) is 32.2 Å². The van der Waals surface area contributed by atoms with Gasteiger partial charge < -0.3 is 0 Å². The highest BCUT2D eigenvalue weighted by Gasteiger charge is 2.10. The molecule has 0 amide bonds. The molecule has 0 aliphatic heterocycles. The van der Waals surface area contributed by atoms with Crippen LogP contribution in [0.1, 0.15) is 42.3 Å². The quantitative estimate of drug-likeness (QED) is 0.741. The Bertz CT molecular complexity index is 977. The van der Waals surface area contributed by atoms with E-state index in [1.807, 2.05) is 39.0 Å². The molecule has 0 aliphatic rings. The first-order valence-electron chi connectivity index (χ1n) is 8.59. The summed E-state index contributed by atoms with van der Waals surface area (Å²) in [6.45, 7) is 7.94. The first-order valence-corrected chi connectivity index (χ1v) is 8.59. The van der Waals surface area contributed by atoms with Gasteiger partial charge in [0.2, 0.25) is 11.9 Å². The number of aromatic amines is 1. The van der Waals surface area contributed by atoms with Gasteiger partial charge in [-0.05, 0) is 45.2 Å². The molecule has 3 aromatic rings. The van der Waals surface area contributed by atoms with Crippen LogP contribution in [0.2, 0.25) is 0 Å². The number of hydrogen-bond donors (Lipinski definition) is 2. The Morgan fingerprint density at radius 3 is 2.60 bits per heavy atom. The van der Waals surface area contributed by atoms with Crippen LogP contribution in [0.3, 0.4) is 0 Å². The normalized spacial score (nSPS) is 11.0. The highest BCUT2D eigenvalue weighted by molar-refractivity contribution is 5.82. The van der Waals surface area contributed by atoms with Crippen molar-refractivity contribution in [1.29, 1.82) is 0 Å². The number of nitrogens with zero attached hydrogens (tertiary/aromatic N) is 3. The number of aromatic nitrogens is 4. The molecule has 25 heavy (non-hydrogen) atoms. The zero-order valence-electron chi connectivity index (χ0n) is 15.1. The van der Waals surface area contributed by atoms with Gasteiger partial charge in [0.05, 0.1) is 11.2 Å². The number of benzene rings is 1. The molecule has 3 rings (SSSR count). The standard InChI is InChI=1S/C19H23N5O/c1-5-6-7-15-13(4)21-19(23-17(15)25)24-18-20-12(3)14-9-8-11(2)10-16(14)22-18/h8-10H,5-7H2,1-4H3,(H2,20,21,22,23,24,25). The van der Waals surface area contributed by atoms with Crippen molar-refractivity contribution < 1.29 is 0 Å². The average molecular weight is 337 g/mol. The summed E-state index contributed by atoms with van der Waals surface area (Å²) in [7, 11) is 0. The molecule has 6 heteroatoms. The van der Waals surface area contributed by atoms with Crippen LogP contribution >= 0.6 is 0 Å². The van der Waals surface area contributed by atoms with Crippen molar-refractivity contribution in [3.63, 3.8) is 0 Å². The summed E-state index contributed by atoms with van der Waals surface area (Å²) in [5, 5.41) is 4.05. The SMILES string of the molecule is CCCCc1c(C)nc(Nc2nc(C)c3ccc(C)cc3n2)[nH]c1=O. The second-order valence-electron chi connectivity index (χ2n) is 6.36. The lowest BCUT2D eigenvalue weighted by molar-refractivity contribution is 0.774. The fourth-order valence-electron chi connectivity index (χ4n) is 2.88. The molecule has 130 valence electrons. The van der Waals surface area contributed by atoms with Crippen molar-refractivity contribution in [2.45, 2.75) is 47.0 Å². The number of fused-ring (bicyclic) bond motifs is 1. The van der Waals surface area contributed by atoms with Gasteiger partial charge in [-0.2, -0.15) is 0 Å². The lowest BCUT2D eigenvalue weighted by Gasteiger charge is -2.10. The molecule has 0 fully saturated rings. The zero-order valence-corrected chi connectivity index (χ0v) is 15.1. The predicted octanol–water partition coefficient (Wildman–Crippen LogP) is 3.72. The van der Waals surface area contributed by atoms with Gasteiger partial charge in [-0.3, -0.25) is 15.1 Å². The Balaban J connectivity index is 1.94. The topological polar surface area (TPSA) is 83.6 Å². The van der Waals surface area contributed by atoms with Crippen molar-refractivity contribution in [3.05, 3.63) is 51.1 Å². The molecular formula is C19H23N5O. The van der Waals surface area contributed by atoms with Gasteiger partial charge in [-0.1, -0.05) is 25.5 Å². The van der Waals surface area contributed by atoms with E-state index < -0.39 is 0 Å². The van der Waals surface area contributed by atoms with Gasteiger partial charge >= 0.3 is 0 Å². The molecule has 0 radical (unpaired) electrons.